The highest BCUT2D eigenvalue weighted by atomic mass is 32.2. The summed E-state index contributed by atoms with van der Waals surface area (Å²) < 4.78 is 42.1. The van der Waals surface area contributed by atoms with Gasteiger partial charge in [-0.25, -0.2) is 8.42 Å². The van der Waals surface area contributed by atoms with Crippen molar-refractivity contribution in [2.24, 2.45) is 0 Å². The van der Waals surface area contributed by atoms with Crippen LogP contribution >= 0.6 is 0 Å². The molecule has 0 heterocycles. The number of hydrogen-bond acceptors (Lipinski definition) is 6. The first-order valence-electron chi connectivity index (χ1n) is 10.3. The van der Waals surface area contributed by atoms with E-state index in [1.54, 1.807) is 50.6 Å². The van der Waals surface area contributed by atoms with E-state index in [1.807, 2.05) is 26.8 Å². The molecule has 0 aliphatic heterocycles. The summed E-state index contributed by atoms with van der Waals surface area (Å²) in [5.74, 6) is 1.35. The molecule has 0 aliphatic rings. The highest BCUT2D eigenvalue weighted by molar-refractivity contribution is 7.92. The summed E-state index contributed by atoms with van der Waals surface area (Å²) in [7, 11) is -0.583. The molecule has 2 rings (SSSR count). The second kappa shape index (κ2) is 11.1. The van der Waals surface area contributed by atoms with Gasteiger partial charge in [-0.2, -0.15) is 0 Å². The zero-order valence-corrected chi connectivity index (χ0v) is 20.2. The molecule has 0 saturated carbocycles. The van der Waals surface area contributed by atoms with Crippen LogP contribution in [-0.2, 0) is 14.8 Å². The van der Waals surface area contributed by atoms with Gasteiger partial charge in [-0.1, -0.05) is 13.0 Å². The highest BCUT2D eigenvalue weighted by Crippen LogP contribution is 2.31. The van der Waals surface area contributed by atoms with Crippen LogP contribution in [0.5, 0.6) is 17.2 Å². The summed E-state index contributed by atoms with van der Waals surface area (Å²) in [5.41, 5.74) is 1.22. The summed E-state index contributed by atoms with van der Waals surface area (Å²) in [6.07, 6.45) is 1.69. The van der Waals surface area contributed by atoms with Gasteiger partial charge in [0.15, 0.2) is 11.5 Å². The molecule has 0 radical (unpaired) electrons. The molecule has 176 valence electrons. The van der Waals surface area contributed by atoms with Gasteiger partial charge in [-0.15, -0.1) is 0 Å². The summed E-state index contributed by atoms with van der Waals surface area (Å²) in [6, 6.07) is 11.7. The lowest BCUT2D eigenvalue weighted by Gasteiger charge is -2.24. The number of sulfonamides is 1. The molecule has 0 saturated heterocycles. The van der Waals surface area contributed by atoms with Crippen molar-refractivity contribution >= 4 is 21.6 Å². The normalized spacial score (nSPS) is 12.2. The van der Waals surface area contributed by atoms with Gasteiger partial charge in [0.25, 0.3) is 0 Å². The molecule has 1 unspecified atom stereocenters. The van der Waals surface area contributed by atoms with E-state index < -0.39 is 15.9 Å². The lowest BCUT2D eigenvalue weighted by Crippen LogP contribution is -2.41. The molecule has 2 aromatic carbocycles. The third kappa shape index (κ3) is 6.78. The van der Waals surface area contributed by atoms with E-state index in [0.29, 0.717) is 29.4 Å². The fraction of sp³-hybridized carbons (Fsp3) is 0.435. The van der Waals surface area contributed by atoms with Crippen molar-refractivity contribution in [1.29, 1.82) is 0 Å². The second-order valence-corrected chi connectivity index (χ2v) is 9.48. The van der Waals surface area contributed by atoms with Gasteiger partial charge >= 0.3 is 0 Å². The summed E-state index contributed by atoms with van der Waals surface area (Å²) in [5, 5.41) is 2.92. The molecule has 0 fully saturated rings. The van der Waals surface area contributed by atoms with Gasteiger partial charge in [-0.3, -0.25) is 9.10 Å². The Kier molecular flexibility index (Phi) is 8.77. The Labute approximate surface area is 190 Å². The maximum absolute atomic E-state index is 12.8. The van der Waals surface area contributed by atoms with E-state index in [-0.39, 0.29) is 18.7 Å². The molecular weight excluding hydrogens is 432 g/mol. The van der Waals surface area contributed by atoms with Crippen LogP contribution in [0.4, 0.5) is 5.69 Å². The third-order valence-electron chi connectivity index (χ3n) is 4.74. The van der Waals surface area contributed by atoms with Gasteiger partial charge in [0.1, 0.15) is 12.3 Å². The van der Waals surface area contributed by atoms with Crippen molar-refractivity contribution in [3.63, 3.8) is 0 Å². The molecule has 32 heavy (non-hydrogen) atoms. The quantitative estimate of drug-likeness (QED) is 0.547. The van der Waals surface area contributed by atoms with Crippen LogP contribution < -0.4 is 23.8 Å². The molecule has 2 aromatic rings. The van der Waals surface area contributed by atoms with Crippen molar-refractivity contribution in [2.45, 2.75) is 39.3 Å². The van der Waals surface area contributed by atoms with Gasteiger partial charge in [0.2, 0.25) is 15.9 Å². The first kappa shape index (κ1) is 25.3. The van der Waals surface area contributed by atoms with Gasteiger partial charge in [0, 0.05) is 0 Å². The van der Waals surface area contributed by atoms with Crippen molar-refractivity contribution in [2.75, 3.05) is 31.3 Å². The van der Waals surface area contributed by atoms with Crippen molar-refractivity contribution in [3.05, 3.63) is 48.0 Å². The minimum absolute atomic E-state index is 0.000180. The average molecular weight is 465 g/mol. The van der Waals surface area contributed by atoms with E-state index in [9.17, 15) is 13.2 Å². The first-order valence-corrected chi connectivity index (χ1v) is 12.2. The number of methoxy groups -OCH3 is 2. The number of benzene rings is 2. The van der Waals surface area contributed by atoms with Crippen LogP contribution in [0.25, 0.3) is 0 Å². The number of nitrogens with zero attached hydrogens (tertiary/aromatic N) is 1. The summed E-state index contributed by atoms with van der Waals surface area (Å²) in [6.45, 7) is 5.41. The molecule has 8 nitrogen and oxygen atoms in total. The lowest BCUT2D eigenvalue weighted by molar-refractivity contribution is -0.120. The number of nitrogens with one attached hydrogen (secondary N) is 1. The first-order chi connectivity index (χ1) is 15.1. The minimum atomic E-state index is -3.68. The molecule has 9 heteroatoms. The molecule has 0 spiro atoms. The largest absolute Gasteiger partial charge is 0.493 e. The van der Waals surface area contributed by atoms with Crippen LogP contribution in [0.3, 0.4) is 0 Å². The van der Waals surface area contributed by atoms with Crippen LogP contribution in [0.1, 0.15) is 38.8 Å². The number of carbonyl (C=O) groups excluding carboxylic acids is 1. The number of carbonyl (C=O) groups is 1. The molecular formula is C23H32N2O6S. The topological polar surface area (TPSA) is 94.2 Å². The fourth-order valence-electron chi connectivity index (χ4n) is 3.22. The monoisotopic (exact) mass is 464 g/mol. The van der Waals surface area contributed by atoms with Crippen molar-refractivity contribution in [1.82, 2.24) is 5.32 Å². The SMILES string of the molecule is CCC(NC(=O)CN(c1ccc(OC(C)C)cc1)S(C)(=O)=O)c1ccc(OC)c(OC)c1. The Bertz CT molecular complexity index is 1010. The highest BCUT2D eigenvalue weighted by Gasteiger charge is 2.23. The molecule has 0 aromatic heterocycles. The smallest absolute Gasteiger partial charge is 0.241 e. The number of anilines is 1. The lowest BCUT2D eigenvalue weighted by atomic mass is 10.0. The predicted octanol–water partition coefficient (Wildman–Crippen LogP) is 3.52. The van der Waals surface area contributed by atoms with Crippen LogP contribution in [0, 0.1) is 0 Å². The number of amides is 1. The maximum Gasteiger partial charge on any atom is 0.241 e. The molecule has 1 atom stereocenters. The van der Waals surface area contributed by atoms with Crippen molar-refractivity contribution in [3.8, 4) is 17.2 Å². The molecule has 0 aliphatic carbocycles. The van der Waals surface area contributed by atoms with Gasteiger partial charge in [-0.05, 0) is 62.2 Å². The predicted molar refractivity (Wildman–Crippen MR) is 125 cm³/mol. The molecule has 1 amide bonds. The molecule has 1 N–H and O–H groups in total. The maximum atomic E-state index is 12.8. The second-order valence-electron chi connectivity index (χ2n) is 7.57. The van der Waals surface area contributed by atoms with Crippen LogP contribution in [0.15, 0.2) is 42.5 Å². The van der Waals surface area contributed by atoms with Crippen LogP contribution in [-0.4, -0.2) is 47.4 Å². The van der Waals surface area contributed by atoms with Gasteiger partial charge in [0.05, 0.1) is 38.3 Å². The van der Waals surface area contributed by atoms with Crippen molar-refractivity contribution < 1.29 is 27.4 Å². The van der Waals surface area contributed by atoms with Gasteiger partial charge < -0.3 is 19.5 Å². The zero-order chi connectivity index (χ0) is 23.9. The van der Waals surface area contributed by atoms with E-state index in [0.717, 1.165) is 16.1 Å². The van der Waals surface area contributed by atoms with E-state index >= 15 is 0 Å². The number of ether oxygens (including phenoxy) is 3. The third-order valence-corrected chi connectivity index (χ3v) is 5.88. The Hall–Kier alpha value is -2.94. The number of rotatable bonds is 11. The van der Waals surface area contributed by atoms with E-state index in [1.165, 1.54) is 0 Å². The molecule has 0 bridgehead atoms. The minimum Gasteiger partial charge on any atom is -0.493 e. The fourth-order valence-corrected chi connectivity index (χ4v) is 4.08. The van der Waals surface area contributed by atoms with E-state index in [2.05, 4.69) is 5.32 Å². The Balaban J connectivity index is 2.19. The van der Waals surface area contributed by atoms with Crippen LogP contribution in [0.2, 0.25) is 0 Å². The zero-order valence-electron chi connectivity index (χ0n) is 19.4. The Morgan fingerprint density at radius 3 is 2.16 bits per heavy atom. The number of hydrogen-bond donors (Lipinski definition) is 1. The van der Waals surface area contributed by atoms with E-state index in [4.69, 9.17) is 14.2 Å². The summed E-state index contributed by atoms with van der Waals surface area (Å²) >= 11 is 0. The Morgan fingerprint density at radius 1 is 1.03 bits per heavy atom. The Morgan fingerprint density at radius 2 is 1.66 bits per heavy atom. The standard InChI is InChI=1S/C23H32N2O6S/c1-7-20(17-8-13-21(29-4)22(14-17)30-5)24-23(26)15-25(32(6,27)28)18-9-11-19(12-10-18)31-16(2)3/h8-14,16,20H,7,15H2,1-6H3,(H,24,26). The average Bonchev–Trinajstić information content (AvgIpc) is 2.74. The summed E-state index contributed by atoms with van der Waals surface area (Å²) in [4.78, 5) is 12.8.